The molecule has 144 heavy (non-hydrogen) atoms. The summed E-state index contributed by atoms with van der Waals surface area (Å²) in [7, 11) is 5.90. The molecule has 8 fully saturated rings. The molecule has 34 nitrogen and oxygen atoms in total. The number of carbonyl (C=O) groups is 8. The molecule has 0 aromatic carbocycles. The molecule has 6 amide bonds. The van der Waals surface area contributed by atoms with Crippen molar-refractivity contribution >= 4 is 70.5 Å². The zero-order valence-corrected chi connectivity index (χ0v) is 96.6. The molecule has 830 valence electrons. The molecule has 6 aliphatic heterocycles. The molecule has 0 aromatic heterocycles. The number of rotatable bonds is 44. The molecule has 7 N–H and O–H groups in total. The molecular weight excluding hydrogens is 1870 g/mol. The van der Waals surface area contributed by atoms with Crippen LogP contribution in [0.5, 0.6) is 0 Å². The van der Waals surface area contributed by atoms with E-state index in [2.05, 4.69) is 174 Å². The highest BCUT2D eigenvalue weighted by Gasteiger charge is 2.59. The number of ether oxygens (including phenoxy) is 3. The van der Waals surface area contributed by atoms with Crippen LogP contribution in [0, 0.1) is 69.0 Å². The molecule has 5 unspecified atom stereocenters. The lowest BCUT2D eigenvalue weighted by molar-refractivity contribution is -0.538. The summed E-state index contributed by atoms with van der Waals surface area (Å²) in [6.07, 6.45) is 30.1. The van der Waals surface area contributed by atoms with Gasteiger partial charge in [-0.15, -0.1) is 0 Å². The Balaban J connectivity index is 0.000000459. The fourth-order valence-corrected chi connectivity index (χ4v) is 27.0. The van der Waals surface area contributed by atoms with Crippen molar-refractivity contribution in [3.05, 3.63) is 11.6 Å². The Morgan fingerprint density at radius 1 is 0.569 bits per heavy atom. The zero-order chi connectivity index (χ0) is 108. The van der Waals surface area contributed by atoms with Gasteiger partial charge in [-0.1, -0.05) is 159 Å². The molecule has 10 rings (SSSR count). The van der Waals surface area contributed by atoms with Gasteiger partial charge in [-0.3, -0.25) is 38.6 Å². The van der Waals surface area contributed by atoms with E-state index in [4.69, 9.17) is 38.3 Å². The second-order valence-corrected chi connectivity index (χ2v) is 46.2. The average Bonchev–Trinajstić information content (AvgIpc) is 1.49. The number of carbonyl (C=O) groups excluding carboxylic acids is 8. The van der Waals surface area contributed by atoms with Gasteiger partial charge in [0.05, 0.1) is 99.0 Å². The molecule has 36 heteroatoms. The number of likely N-dealkylation sites (tertiary alicyclic amines) is 5. The van der Waals surface area contributed by atoms with Gasteiger partial charge < -0.3 is 83.0 Å². The van der Waals surface area contributed by atoms with Crippen molar-refractivity contribution in [2.75, 3.05) is 107 Å². The van der Waals surface area contributed by atoms with Crippen molar-refractivity contribution in [3.8, 4) is 12.1 Å². The Morgan fingerprint density at radius 2 is 1.10 bits per heavy atom. The number of nitrogens with one attached hydrogen (secondary N) is 2. The summed E-state index contributed by atoms with van der Waals surface area (Å²) >= 11 is 0. The van der Waals surface area contributed by atoms with E-state index in [-0.39, 0.29) is 121 Å². The molecule has 0 radical (unpaired) electrons. The van der Waals surface area contributed by atoms with Gasteiger partial charge in [0.15, 0.2) is 8.45 Å². The lowest BCUT2D eigenvalue weighted by Gasteiger charge is -2.58. The SMILES string of the molecule is C1=NN=N[NH2+]1.CC(C)N(C(C)C)P(OCCC#N)N(C(C)C)C(C)C.CC(C)NC(C)C.CCC(=O)N1CC[C@H](O)[C@@H]1CC.CCC(=O)N1CC[C@H](OC(=O)CCC(C)=O)[C@@H]1CC.CCC(=O)N1C[C@@H](CC)[C@@H](O)C1.CCC(=O)N1C[C@@H](CC)[C@@H](OP(OCCC#N)C(N(C)C)N(C)C)C1.CCCCCCCC[C@@H]1CCC2C3CC=C4CC(OC(=O)NCC(=O)N5CC[C@H](O)[C@@H]5COCC)CC[C@@]4(C)C3CC[C@]21C. The molecule has 5 saturated heterocycles. The number of aliphatic hydroxyl groups excluding tert-OH is 3. The number of unbranched alkanes of at least 4 members (excludes halogenated alkanes) is 5. The molecule has 3 saturated carbocycles. The summed E-state index contributed by atoms with van der Waals surface area (Å²) in [4.78, 5) is 108. The summed E-state index contributed by atoms with van der Waals surface area (Å²) in [5.74, 6) is 3.98. The van der Waals surface area contributed by atoms with Crippen molar-refractivity contribution in [2.24, 2.45) is 61.9 Å². The van der Waals surface area contributed by atoms with E-state index in [0.29, 0.717) is 157 Å². The molecule has 0 aromatic rings. The van der Waals surface area contributed by atoms with Gasteiger partial charge >= 0.3 is 12.1 Å². The number of aliphatic hydroxyl groups is 3. The van der Waals surface area contributed by atoms with Crippen LogP contribution in [0.1, 0.15) is 366 Å². The van der Waals surface area contributed by atoms with Crippen molar-refractivity contribution in [3.63, 3.8) is 0 Å². The number of nitrogens with zero attached hydrogens (tertiary/aromatic N) is 14. The number of ketones is 1. The van der Waals surface area contributed by atoms with E-state index in [1.54, 1.807) is 9.80 Å². The van der Waals surface area contributed by atoms with E-state index in [9.17, 15) is 53.7 Å². The van der Waals surface area contributed by atoms with Gasteiger partial charge in [0, 0.05) is 151 Å². The Kier molecular flexibility index (Phi) is 64.5. The number of alkyl carbamates (subject to hydrolysis) is 1. The maximum absolute atomic E-state index is 12.8. The number of hydrogen-bond acceptors (Lipinski definition) is 27. The first kappa shape index (κ1) is 132. The Labute approximate surface area is 872 Å². The quantitative estimate of drug-likeness (QED) is 0.00824. The number of allylic oxidation sites excluding steroid dienone is 1. The maximum Gasteiger partial charge on any atom is 0.407 e. The average molecular weight is 2070 g/mol. The molecule has 18 atom stereocenters. The number of amides is 6. The smallest absolute Gasteiger partial charge is 0.407 e. The lowest BCUT2D eigenvalue weighted by Crippen LogP contribution is -2.74. The molecule has 0 bridgehead atoms. The van der Waals surface area contributed by atoms with E-state index in [0.717, 1.165) is 94.7 Å². The zero-order valence-electron chi connectivity index (χ0n) is 94.8. The van der Waals surface area contributed by atoms with Crippen LogP contribution in [0.25, 0.3) is 0 Å². The summed E-state index contributed by atoms with van der Waals surface area (Å²) in [6.45, 7) is 58.8. The Bertz CT molecular complexity index is 3820. The molecular formula is C108H202N17O17P2+. The number of nitrogens with two attached hydrogens (primary N) is 1. The lowest BCUT2D eigenvalue weighted by atomic mass is 9.47. The van der Waals surface area contributed by atoms with E-state index in [1.165, 1.54) is 101 Å². The maximum atomic E-state index is 12.8. The van der Waals surface area contributed by atoms with E-state index in [1.807, 2.05) is 98.3 Å². The topological polar surface area (TPSA) is 407 Å². The van der Waals surface area contributed by atoms with Crippen LogP contribution in [0.2, 0.25) is 0 Å². The summed E-state index contributed by atoms with van der Waals surface area (Å²) < 4.78 is 40.2. The van der Waals surface area contributed by atoms with Crippen molar-refractivity contribution in [1.29, 1.82) is 10.5 Å². The van der Waals surface area contributed by atoms with Crippen LogP contribution < -0.4 is 16.1 Å². The molecule has 6 heterocycles. The number of hydrogen-bond donors (Lipinski definition) is 6. The largest absolute Gasteiger partial charge is 0.460 e. The van der Waals surface area contributed by atoms with Gasteiger partial charge in [0.2, 0.25) is 44.2 Å². The first-order valence-electron chi connectivity index (χ1n) is 55.4. The molecule has 4 aliphatic carbocycles. The van der Waals surface area contributed by atoms with Crippen molar-refractivity contribution in [1.82, 2.24) is 54.3 Å². The first-order chi connectivity index (χ1) is 68.3. The normalized spacial score (nSPS) is 26.2. The number of fused-ring (bicyclic) bond motifs is 5. The van der Waals surface area contributed by atoms with Gasteiger partial charge in [0.1, 0.15) is 30.4 Å². The van der Waals surface area contributed by atoms with E-state index >= 15 is 0 Å². The highest BCUT2D eigenvalue weighted by atomic mass is 31.2. The molecule has 0 spiro atoms. The highest BCUT2D eigenvalue weighted by Crippen LogP contribution is 2.67. The first-order valence-corrected chi connectivity index (χ1v) is 57.8. The van der Waals surface area contributed by atoms with Crippen LogP contribution in [-0.4, -0.2) is 317 Å². The minimum atomic E-state index is -1.24. The van der Waals surface area contributed by atoms with Gasteiger partial charge in [-0.05, 0) is 222 Å². The number of Topliss-reactive ketones (excluding diaryl/α,β-unsaturated/α-hetero) is 1. The predicted octanol–water partition coefficient (Wildman–Crippen LogP) is 17.4. The van der Waals surface area contributed by atoms with Crippen LogP contribution >= 0.6 is 16.8 Å². The third-order valence-electron chi connectivity index (χ3n) is 30.0. The Hall–Kier alpha value is -5.91. The van der Waals surface area contributed by atoms with Crippen LogP contribution in [-0.2, 0) is 61.3 Å². The van der Waals surface area contributed by atoms with Crippen LogP contribution in [0.3, 0.4) is 0 Å². The van der Waals surface area contributed by atoms with Crippen molar-refractivity contribution < 1.29 is 86.9 Å². The summed E-state index contributed by atoms with van der Waals surface area (Å²) in [5, 5.41) is 62.8. The highest BCUT2D eigenvalue weighted by molar-refractivity contribution is 7.48. The van der Waals surface area contributed by atoms with Crippen LogP contribution in [0.15, 0.2) is 27.2 Å². The third-order valence-corrected chi connectivity index (χ3v) is 35.3. The van der Waals surface area contributed by atoms with Crippen LogP contribution in [0.4, 0.5) is 4.79 Å². The standard InChI is InChI=1S/C37H62N2O5.C17H33N4O3P.C15H32N3OP.C14H23NO4.2C9H17NO2.C6H15N.CH2N4/c1-5-7-8-9-10-11-12-26-14-16-30-29-15-13-27-23-28(17-20-37(27,4)31(29)18-21-36(26,30)3)44-35(42)38-24-34(41)39-22-19-33(40)32(39)25-43-6-2;1-7-14-12-21(16(22)8-2)13-15(14)24-25(23-11-9-10-18)17(19(3)4)20(5)6;1-12(2)17(13(3)4)20(19-11-9-10-16)18(14(5)6)15(7)8;1-4-11-12(8-9-15(11)13(17)5-2)19-14(18)7-6-10(3)16;1-3-7-5-10(6-8(7)11)9(12)4-2;1-3-7-8(11)5-6-10(7)9(12)4-2;1-5(2)7-6(3)4;1-2-4-5-3-1/h13,26,28-33,40H,5-12,14-25H2,1-4H3,(H,38,42);14-15,17H,7-9,11-13H2,1-6H3;12-15H,9,11H2,1-8H3;11-12H,4-9H2,1-3H3;2*7-8,11H,3-6H2,1-2H3;5-7H,1-4H3;1H,(H,2,3,4,5)/p+1/t26-,28?,29?,30?,31?,32+,33+,36+,37-;14-,15+,25?;;11-,12-;7-,8+;7-,8-;;/m11.010../s1. The fraction of sp³-hybridized carbons (Fsp3) is 0.880. The van der Waals surface area contributed by atoms with Crippen molar-refractivity contribution in [2.45, 2.75) is 463 Å². The summed E-state index contributed by atoms with van der Waals surface area (Å²) in [5.41, 5.74) is 3.78. The Morgan fingerprint density at radius 3 is 1.58 bits per heavy atom. The number of quaternary nitrogens is 1. The number of esters is 1. The molecule has 10 aliphatic rings. The van der Waals surface area contributed by atoms with Gasteiger partial charge in [0.25, 0.3) is 0 Å². The second-order valence-electron chi connectivity index (χ2n) is 43.0. The third kappa shape index (κ3) is 43.1. The minimum Gasteiger partial charge on any atom is -0.460 e. The van der Waals surface area contributed by atoms with Gasteiger partial charge in [-0.2, -0.15) is 15.9 Å². The van der Waals surface area contributed by atoms with Gasteiger partial charge in [-0.25, -0.2) is 14.1 Å². The monoisotopic (exact) mass is 2070 g/mol. The number of β-amino-alcohol motifs (C(OH)–C–C–N with tert-alkyl or cyclic N) is 1. The summed E-state index contributed by atoms with van der Waals surface area (Å²) in [6, 6.07) is 6.90. The predicted molar refractivity (Wildman–Crippen MR) is 574 cm³/mol. The second kappa shape index (κ2) is 70.3. The minimum absolute atomic E-state index is 0.0119. The van der Waals surface area contributed by atoms with E-state index < -0.39 is 29.0 Å². The fourth-order valence-electron chi connectivity index (χ4n) is 22.8. The number of nitriles is 2.